The van der Waals surface area contributed by atoms with Crippen LogP contribution in [0.4, 0.5) is 18.9 Å². The van der Waals surface area contributed by atoms with Crippen molar-refractivity contribution in [1.29, 1.82) is 0 Å². The van der Waals surface area contributed by atoms with Crippen molar-refractivity contribution in [2.24, 2.45) is 0 Å². The van der Waals surface area contributed by atoms with Crippen molar-refractivity contribution in [2.75, 3.05) is 38.5 Å². The first-order valence-electron chi connectivity index (χ1n) is 12.5. The molecule has 1 fully saturated rings. The van der Waals surface area contributed by atoms with Crippen LogP contribution in [0.15, 0.2) is 60.9 Å². The number of benzene rings is 2. The molecule has 10 heteroatoms. The van der Waals surface area contributed by atoms with E-state index in [1.807, 2.05) is 18.9 Å². The van der Waals surface area contributed by atoms with Gasteiger partial charge in [0.25, 0.3) is 5.91 Å². The summed E-state index contributed by atoms with van der Waals surface area (Å²) < 4.78 is 43.6. The number of hydrogen-bond donors (Lipinski definition) is 1. The van der Waals surface area contributed by atoms with Crippen LogP contribution in [0.25, 0.3) is 5.65 Å². The van der Waals surface area contributed by atoms with E-state index in [1.54, 1.807) is 47.2 Å². The highest BCUT2D eigenvalue weighted by Gasteiger charge is 2.34. The summed E-state index contributed by atoms with van der Waals surface area (Å²) >= 11 is 0. The summed E-state index contributed by atoms with van der Waals surface area (Å²) in [7, 11) is 2.00. The largest absolute Gasteiger partial charge is 0.416 e. The maximum Gasteiger partial charge on any atom is 0.416 e. The highest BCUT2D eigenvalue weighted by Crippen LogP contribution is 2.34. The second-order valence-corrected chi connectivity index (χ2v) is 9.64. The standard InChI is InChI=1S/C29H27F3N6O/c1-20-5-10-25(21(16-20)7-9-24-18-33-27-4-3-11-34-38(24)27)28(39)35-23-8-6-22(26(17-23)29(30,31)32)19-37-14-12-36(2)13-15-37/h3-6,8,10-11,16-18H,12-15,19H2,1-2H3,(H,35,39). The van der Waals surface area contributed by atoms with Gasteiger partial charge in [-0.25, -0.2) is 9.50 Å². The molecule has 0 aliphatic carbocycles. The molecule has 0 unspecified atom stereocenters. The normalized spacial score (nSPS) is 14.7. The first kappa shape index (κ1) is 26.4. The molecule has 0 bridgehead atoms. The molecule has 0 atom stereocenters. The van der Waals surface area contributed by atoms with Gasteiger partial charge in [-0.15, -0.1) is 0 Å². The number of aromatic nitrogens is 3. The van der Waals surface area contributed by atoms with Crippen LogP contribution in [-0.4, -0.2) is 63.5 Å². The average Bonchev–Trinajstić information content (AvgIpc) is 3.32. The number of amides is 1. The molecule has 3 heterocycles. The Morgan fingerprint density at radius 2 is 1.85 bits per heavy atom. The molecule has 1 aliphatic heterocycles. The number of fused-ring (bicyclic) bond motifs is 1. The summed E-state index contributed by atoms with van der Waals surface area (Å²) in [5, 5.41) is 6.87. The Labute approximate surface area is 224 Å². The minimum atomic E-state index is -4.55. The highest BCUT2D eigenvalue weighted by atomic mass is 19.4. The van der Waals surface area contributed by atoms with Gasteiger partial charge in [0.2, 0.25) is 0 Å². The quantitative estimate of drug-likeness (QED) is 0.394. The van der Waals surface area contributed by atoms with Crippen molar-refractivity contribution in [3.8, 4) is 11.8 Å². The molecule has 0 radical (unpaired) electrons. The molecule has 0 spiro atoms. The maximum atomic E-state index is 14.0. The highest BCUT2D eigenvalue weighted by molar-refractivity contribution is 6.06. The van der Waals surface area contributed by atoms with Gasteiger partial charge in [0.1, 0.15) is 5.69 Å². The molecule has 5 rings (SSSR count). The molecule has 1 N–H and O–H groups in total. The summed E-state index contributed by atoms with van der Waals surface area (Å²) in [6.45, 7) is 5.10. The number of rotatable bonds is 4. The van der Waals surface area contributed by atoms with E-state index in [1.165, 1.54) is 12.1 Å². The van der Waals surface area contributed by atoms with Gasteiger partial charge in [-0.3, -0.25) is 9.69 Å². The number of piperazine rings is 1. The van der Waals surface area contributed by atoms with Gasteiger partial charge in [0.15, 0.2) is 5.65 Å². The number of anilines is 1. The van der Waals surface area contributed by atoms with Crippen LogP contribution in [0.5, 0.6) is 0 Å². The van der Waals surface area contributed by atoms with E-state index in [0.29, 0.717) is 30.0 Å². The molecular formula is C29H27F3N6O. The Balaban J connectivity index is 1.40. The zero-order valence-corrected chi connectivity index (χ0v) is 21.6. The molecule has 0 saturated carbocycles. The fraction of sp³-hybridized carbons (Fsp3) is 0.276. The fourth-order valence-corrected chi connectivity index (χ4v) is 4.51. The van der Waals surface area contributed by atoms with Crippen molar-refractivity contribution in [2.45, 2.75) is 19.6 Å². The number of alkyl halides is 3. The Bertz CT molecular complexity index is 1580. The van der Waals surface area contributed by atoms with Crippen molar-refractivity contribution in [1.82, 2.24) is 24.4 Å². The smallest absolute Gasteiger partial charge is 0.322 e. The third kappa shape index (κ3) is 6.11. The molecule has 2 aromatic heterocycles. The number of nitrogens with one attached hydrogen (secondary N) is 1. The van der Waals surface area contributed by atoms with E-state index >= 15 is 0 Å². The third-order valence-electron chi connectivity index (χ3n) is 6.69. The van der Waals surface area contributed by atoms with E-state index in [4.69, 9.17) is 0 Å². The molecule has 7 nitrogen and oxygen atoms in total. The third-order valence-corrected chi connectivity index (χ3v) is 6.69. The zero-order chi connectivity index (χ0) is 27.6. The lowest BCUT2D eigenvalue weighted by molar-refractivity contribution is -0.138. The second kappa shape index (κ2) is 10.9. The summed E-state index contributed by atoms with van der Waals surface area (Å²) in [6, 6.07) is 12.7. The van der Waals surface area contributed by atoms with Gasteiger partial charge in [-0.2, -0.15) is 18.3 Å². The fourth-order valence-electron chi connectivity index (χ4n) is 4.51. The first-order chi connectivity index (χ1) is 18.7. The minimum absolute atomic E-state index is 0.0694. The number of likely N-dealkylation sites (N-methyl/N-ethyl adjacent to an activating group) is 1. The van der Waals surface area contributed by atoms with Crippen LogP contribution in [0, 0.1) is 18.8 Å². The van der Waals surface area contributed by atoms with Crippen molar-refractivity contribution in [3.63, 3.8) is 0 Å². The average molecular weight is 533 g/mol. The molecular weight excluding hydrogens is 505 g/mol. The Hall–Kier alpha value is -4.20. The van der Waals surface area contributed by atoms with Gasteiger partial charge in [0.05, 0.1) is 17.3 Å². The lowest BCUT2D eigenvalue weighted by atomic mass is 10.0. The zero-order valence-electron chi connectivity index (χ0n) is 21.6. The number of halogens is 3. The van der Waals surface area contributed by atoms with Gasteiger partial charge < -0.3 is 10.2 Å². The molecule has 2 aromatic carbocycles. The van der Waals surface area contributed by atoms with E-state index in [-0.39, 0.29) is 23.4 Å². The van der Waals surface area contributed by atoms with Gasteiger partial charge >= 0.3 is 6.18 Å². The molecule has 1 saturated heterocycles. The topological polar surface area (TPSA) is 65.8 Å². The van der Waals surface area contributed by atoms with E-state index in [2.05, 4.69) is 32.1 Å². The van der Waals surface area contributed by atoms with Crippen LogP contribution in [0.3, 0.4) is 0 Å². The molecule has 4 aromatic rings. The maximum absolute atomic E-state index is 14.0. The summed E-state index contributed by atoms with van der Waals surface area (Å²) in [5.74, 6) is 5.46. The van der Waals surface area contributed by atoms with Crippen molar-refractivity contribution < 1.29 is 18.0 Å². The van der Waals surface area contributed by atoms with Crippen molar-refractivity contribution >= 4 is 17.2 Å². The van der Waals surface area contributed by atoms with Crippen LogP contribution in [0.2, 0.25) is 0 Å². The Kier molecular flexibility index (Phi) is 7.37. The van der Waals surface area contributed by atoms with Gasteiger partial charge in [0, 0.05) is 50.2 Å². The SMILES string of the molecule is Cc1ccc(C(=O)Nc2ccc(CN3CCN(C)CC3)c(C(F)(F)F)c2)c(C#Cc2cnc3cccnn23)c1. The first-order valence-corrected chi connectivity index (χ1v) is 12.5. The van der Waals surface area contributed by atoms with E-state index < -0.39 is 17.6 Å². The number of nitrogens with zero attached hydrogens (tertiary/aromatic N) is 5. The van der Waals surface area contributed by atoms with Crippen molar-refractivity contribution in [3.05, 3.63) is 94.4 Å². The molecule has 1 amide bonds. The molecule has 1 aliphatic rings. The van der Waals surface area contributed by atoms with Crippen LogP contribution < -0.4 is 5.32 Å². The lowest BCUT2D eigenvalue weighted by Gasteiger charge is -2.33. The molecule has 200 valence electrons. The minimum Gasteiger partial charge on any atom is -0.322 e. The Morgan fingerprint density at radius 3 is 2.62 bits per heavy atom. The van der Waals surface area contributed by atoms with Crippen LogP contribution in [0.1, 0.15) is 38.3 Å². The van der Waals surface area contributed by atoms with Gasteiger partial charge in [-0.1, -0.05) is 18.1 Å². The van der Waals surface area contributed by atoms with E-state index in [9.17, 15) is 18.0 Å². The van der Waals surface area contributed by atoms with Crippen LogP contribution >= 0.6 is 0 Å². The lowest BCUT2D eigenvalue weighted by Crippen LogP contribution is -2.44. The van der Waals surface area contributed by atoms with E-state index in [0.717, 1.165) is 24.7 Å². The predicted molar refractivity (Wildman–Crippen MR) is 142 cm³/mol. The van der Waals surface area contributed by atoms with Gasteiger partial charge in [-0.05, 0) is 67.4 Å². The molecule has 39 heavy (non-hydrogen) atoms. The number of aryl methyl sites for hydroxylation is 1. The summed E-state index contributed by atoms with van der Waals surface area (Å²) in [4.78, 5) is 21.6. The van der Waals surface area contributed by atoms with Crippen LogP contribution in [-0.2, 0) is 12.7 Å². The predicted octanol–water partition coefficient (Wildman–Crippen LogP) is 4.46. The number of hydrogen-bond acceptors (Lipinski definition) is 5. The second-order valence-electron chi connectivity index (χ2n) is 9.64. The number of carbonyl (C=O) groups excluding carboxylic acids is 1. The monoisotopic (exact) mass is 532 g/mol. The number of carbonyl (C=O) groups is 1. The Morgan fingerprint density at radius 1 is 1.05 bits per heavy atom. The summed E-state index contributed by atoms with van der Waals surface area (Å²) in [5.41, 5.74) is 2.28. The summed E-state index contributed by atoms with van der Waals surface area (Å²) in [6.07, 6.45) is -1.34. The number of imidazole rings is 1.